The zero-order valence-electron chi connectivity index (χ0n) is 19.7. The van der Waals surface area contributed by atoms with Crippen LogP contribution in [0, 0.1) is 0 Å². The fourth-order valence-corrected chi connectivity index (χ4v) is 5.48. The fourth-order valence-electron chi connectivity index (χ4n) is 5.48. The van der Waals surface area contributed by atoms with Crippen molar-refractivity contribution in [2.45, 2.75) is 31.8 Å². The first-order valence-corrected chi connectivity index (χ1v) is 12.3. The van der Waals surface area contributed by atoms with Gasteiger partial charge in [-0.15, -0.1) is 0 Å². The van der Waals surface area contributed by atoms with Gasteiger partial charge in [-0.1, -0.05) is 36.4 Å². The third kappa shape index (κ3) is 3.66. The lowest BCUT2D eigenvalue weighted by molar-refractivity contribution is -0.120. The second-order valence-electron chi connectivity index (χ2n) is 9.40. The minimum Gasteiger partial charge on any atom is -0.372 e. The number of aromatic amines is 1. The van der Waals surface area contributed by atoms with Gasteiger partial charge in [0, 0.05) is 52.7 Å². The summed E-state index contributed by atoms with van der Waals surface area (Å²) < 4.78 is 0. The number of nitrogens with zero attached hydrogens (tertiary/aromatic N) is 2. The van der Waals surface area contributed by atoms with Crippen molar-refractivity contribution in [2.75, 3.05) is 23.3 Å². The maximum absolute atomic E-state index is 13.6. The predicted molar refractivity (Wildman–Crippen MR) is 139 cm³/mol. The maximum atomic E-state index is 13.6. The molecule has 1 aromatic heterocycles. The smallest absolute Gasteiger partial charge is 0.255 e. The molecule has 0 bridgehead atoms. The van der Waals surface area contributed by atoms with Gasteiger partial charge in [-0.2, -0.15) is 0 Å². The highest BCUT2D eigenvalue weighted by Gasteiger charge is 2.43. The van der Waals surface area contributed by atoms with E-state index in [0.29, 0.717) is 5.56 Å². The van der Waals surface area contributed by atoms with Gasteiger partial charge in [-0.3, -0.25) is 9.59 Å². The monoisotopic (exact) mass is 464 g/mol. The number of anilines is 2. The minimum atomic E-state index is -0.660. The molecule has 2 atom stereocenters. The van der Waals surface area contributed by atoms with Gasteiger partial charge in [0.1, 0.15) is 6.04 Å². The Kier molecular flexibility index (Phi) is 5.29. The average molecular weight is 465 g/mol. The molecule has 1 fully saturated rings. The molecule has 176 valence electrons. The zero-order chi connectivity index (χ0) is 23.9. The van der Waals surface area contributed by atoms with Crippen molar-refractivity contribution in [3.05, 3.63) is 95.7 Å². The van der Waals surface area contributed by atoms with Gasteiger partial charge in [0.15, 0.2) is 0 Å². The standard InChI is InChI=1S/C29H28N4O2/c1-19(28(34)31-20-12-14-21(15-13-20)32-16-6-7-17-32)33-27(23-9-2-3-10-24(23)29(33)35)25-18-30-26-11-5-4-8-22(25)26/h2-5,8-15,18-19,27,30H,6-7,16-17H2,1H3,(H,31,34). The summed E-state index contributed by atoms with van der Waals surface area (Å²) >= 11 is 0. The molecule has 0 radical (unpaired) electrons. The van der Waals surface area contributed by atoms with Crippen LogP contribution in [0.1, 0.15) is 47.3 Å². The molecule has 3 heterocycles. The predicted octanol–water partition coefficient (Wildman–Crippen LogP) is 5.34. The number of amides is 2. The van der Waals surface area contributed by atoms with Crippen LogP contribution in [0.15, 0.2) is 79.0 Å². The highest BCUT2D eigenvalue weighted by Crippen LogP contribution is 2.42. The van der Waals surface area contributed by atoms with Gasteiger partial charge >= 0.3 is 0 Å². The van der Waals surface area contributed by atoms with Crippen LogP contribution in [0.3, 0.4) is 0 Å². The largest absolute Gasteiger partial charge is 0.372 e. The normalized spacial score (nSPS) is 18.2. The van der Waals surface area contributed by atoms with Gasteiger partial charge in [0.25, 0.3) is 5.91 Å². The van der Waals surface area contributed by atoms with E-state index in [1.807, 2.05) is 60.8 Å². The number of carbonyl (C=O) groups excluding carboxylic acids is 2. The molecule has 2 unspecified atom stereocenters. The second kappa shape index (κ2) is 8.62. The molecule has 4 aromatic rings. The van der Waals surface area contributed by atoms with E-state index in [9.17, 15) is 9.59 Å². The number of hydrogen-bond donors (Lipinski definition) is 2. The highest BCUT2D eigenvalue weighted by molar-refractivity contribution is 6.05. The van der Waals surface area contributed by atoms with Gasteiger partial charge in [-0.25, -0.2) is 0 Å². The first-order chi connectivity index (χ1) is 17.1. The summed E-state index contributed by atoms with van der Waals surface area (Å²) in [5.41, 5.74) is 5.49. The number of aromatic nitrogens is 1. The Morgan fingerprint density at radius 1 is 0.943 bits per heavy atom. The summed E-state index contributed by atoms with van der Waals surface area (Å²) in [7, 11) is 0. The lowest BCUT2D eigenvalue weighted by Crippen LogP contribution is -2.44. The third-order valence-corrected chi connectivity index (χ3v) is 7.32. The number of hydrogen-bond acceptors (Lipinski definition) is 3. The molecule has 3 aromatic carbocycles. The van der Waals surface area contributed by atoms with Crippen molar-refractivity contribution >= 4 is 34.1 Å². The van der Waals surface area contributed by atoms with E-state index in [4.69, 9.17) is 0 Å². The number of nitrogens with one attached hydrogen (secondary N) is 2. The van der Waals surface area contributed by atoms with E-state index < -0.39 is 6.04 Å². The molecule has 0 saturated carbocycles. The van der Waals surface area contributed by atoms with Crippen molar-refractivity contribution in [3.8, 4) is 0 Å². The molecule has 0 aliphatic carbocycles. The molecule has 6 heteroatoms. The van der Waals surface area contributed by atoms with Gasteiger partial charge < -0.3 is 20.1 Å². The Morgan fingerprint density at radius 2 is 1.66 bits per heavy atom. The van der Waals surface area contributed by atoms with Gasteiger partial charge in [-0.05, 0) is 61.7 Å². The molecule has 6 nitrogen and oxygen atoms in total. The fraction of sp³-hybridized carbons (Fsp3) is 0.241. The summed E-state index contributed by atoms with van der Waals surface area (Å²) in [5, 5.41) is 4.08. The number of benzene rings is 3. The summed E-state index contributed by atoms with van der Waals surface area (Å²) in [6.45, 7) is 3.96. The Balaban J connectivity index is 1.30. The molecule has 2 aliphatic heterocycles. The molecule has 35 heavy (non-hydrogen) atoms. The summed E-state index contributed by atoms with van der Waals surface area (Å²) in [6.07, 6.45) is 4.40. The molecule has 0 spiro atoms. The molecular weight excluding hydrogens is 436 g/mol. The Labute approximate surface area is 204 Å². The van der Waals surface area contributed by atoms with Crippen molar-refractivity contribution in [1.82, 2.24) is 9.88 Å². The quantitative estimate of drug-likeness (QED) is 0.419. The Bertz CT molecular complexity index is 1400. The van der Waals surface area contributed by atoms with Crippen molar-refractivity contribution < 1.29 is 9.59 Å². The van der Waals surface area contributed by atoms with Crippen molar-refractivity contribution in [1.29, 1.82) is 0 Å². The van der Waals surface area contributed by atoms with Crippen LogP contribution in [-0.4, -0.2) is 40.8 Å². The highest BCUT2D eigenvalue weighted by atomic mass is 16.2. The van der Waals surface area contributed by atoms with Crippen LogP contribution in [0.5, 0.6) is 0 Å². The van der Waals surface area contributed by atoms with Crippen LogP contribution in [0.2, 0.25) is 0 Å². The van der Waals surface area contributed by atoms with Crippen molar-refractivity contribution in [3.63, 3.8) is 0 Å². The van der Waals surface area contributed by atoms with Crippen LogP contribution >= 0.6 is 0 Å². The topological polar surface area (TPSA) is 68.4 Å². The maximum Gasteiger partial charge on any atom is 0.255 e. The second-order valence-corrected chi connectivity index (χ2v) is 9.40. The van der Waals surface area contributed by atoms with E-state index in [2.05, 4.69) is 33.4 Å². The average Bonchev–Trinajstić information content (AvgIpc) is 3.63. The summed E-state index contributed by atoms with van der Waals surface area (Å²) in [5.74, 6) is -0.326. The Hall–Kier alpha value is -4.06. The summed E-state index contributed by atoms with van der Waals surface area (Å²) in [4.78, 5) is 34.4. The Morgan fingerprint density at radius 3 is 2.46 bits per heavy atom. The molecular formula is C29H28N4O2. The summed E-state index contributed by atoms with van der Waals surface area (Å²) in [6, 6.07) is 22.7. The lowest BCUT2D eigenvalue weighted by atomic mass is 9.97. The zero-order valence-corrected chi connectivity index (χ0v) is 19.7. The molecule has 2 aliphatic rings. The van der Waals surface area contributed by atoms with E-state index in [1.165, 1.54) is 18.5 Å². The number of carbonyl (C=O) groups is 2. The number of H-pyrrole nitrogens is 1. The molecule has 2 N–H and O–H groups in total. The van der Waals surface area contributed by atoms with E-state index >= 15 is 0 Å². The van der Waals surface area contributed by atoms with E-state index in [-0.39, 0.29) is 17.9 Å². The number of para-hydroxylation sites is 1. The van der Waals surface area contributed by atoms with Gasteiger partial charge in [0.05, 0.1) is 6.04 Å². The minimum absolute atomic E-state index is 0.122. The van der Waals surface area contributed by atoms with Crippen LogP contribution in [0.25, 0.3) is 10.9 Å². The van der Waals surface area contributed by atoms with E-state index in [1.54, 1.807) is 11.8 Å². The van der Waals surface area contributed by atoms with Gasteiger partial charge in [0.2, 0.25) is 5.91 Å². The first kappa shape index (κ1) is 21.5. The number of rotatable bonds is 5. The molecule has 6 rings (SSSR count). The van der Waals surface area contributed by atoms with Crippen LogP contribution in [0.4, 0.5) is 11.4 Å². The lowest BCUT2D eigenvalue weighted by Gasteiger charge is -2.30. The number of fused-ring (bicyclic) bond motifs is 2. The first-order valence-electron chi connectivity index (χ1n) is 12.3. The third-order valence-electron chi connectivity index (χ3n) is 7.32. The molecule has 2 amide bonds. The van der Waals surface area contributed by atoms with Crippen molar-refractivity contribution in [2.24, 2.45) is 0 Å². The molecule has 1 saturated heterocycles. The van der Waals surface area contributed by atoms with Crippen LogP contribution in [-0.2, 0) is 4.79 Å². The van der Waals surface area contributed by atoms with Crippen LogP contribution < -0.4 is 10.2 Å². The SMILES string of the molecule is CC(C(=O)Nc1ccc(N2CCCC2)cc1)N1C(=O)c2ccccc2C1c1c[nH]c2ccccc12. The van der Waals surface area contributed by atoms with E-state index in [0.717, 1.165) is 40.8 Å².